The van der Waals surface area contributed by atoms with Crippen LogP contribution in [0.25, 0.3) is 0 Å². The average Bonchev–Trinajstić information content (AvgIpc) is 2.41. The molecule has 1 unspecified atom stereocenters. The summed E-state index contributed by atoms with van der Waals surface area (Å²) >= 11 is 3.21. The SMILES string of the molecule is CCN(C(=O)Nc1ccc(Br)cc1C(=O)O)C(C)COC. The number of hydrogen-bond acceptors (Lipinski definition) is 3. The first kappa shape index (κ1) is 17.5. The summed E-state index contributed by atoms with van der Waals surface area (Å²) in [6, 6.07) is 4.22. The number of rotatable bonds is 6. The van der Waals surface area contributed by atoms with E-state index in [1.807, 2.05) is 13.8 Å². The first-order chi connectivity index (χ1) is 9.90. The van der Waals surface area contributed by atoms with Crippen LogP contribution in [0.1, 0.15) is 24.2 Å². The van der Waals surface area contributed by atoms with Crippen LogP contribution in [0.15, 0.2) is 22.7 Å². The lowest BCUT2D eigenvalue weighted by Gasteiger charge is -2.28. The number of anilines is 1. The molecular formula is C14H19BrN2O4. The molecule has 0 heterocycles. The zero-order valence-corrected chi connectivity index (χ0v) is 13.8. The molecule has 0 saturated carbocycles. The van der Waals surface area contributed by atoms with Crippen LogP contribution in [0.5, 0.6) is 0 Å². The summed E-state index contributed by atoms with van der Waals surface area (Å²) in [6.07, 6.45) is 0. The fourth-order valence-corrected chi connectivity index (χ4v) is 2.34. The number of carboxylic acids is 1. The number of aromatic carboxylic acids is 1. The van der Waals surface area contributed by atoms with Crippen molar-refractivity contribution in [2.45, 2.75) is 19.9 Å². The summed E-state index contributed by atoms with van der Waals surface area (Å²) in [4.78, 5) is 25.1. The number of nitrogens with zero attached hydrogens (tertiary/aromatic N) is 1. The second-order valence-electron chi connectivity index (χ2n) is 4.52. The molecule has 0 aliphatic rings. The lowest BCUT2D eigenvalue weighted by Crippen LogP contribution is -2.43. The number of nitrogens with one attached hydrogen (secondary N) is 1. The second-order valence-corrected chi connectivity index (χ2v) is 5.43. The Balaban J connectivity index is 2.94. The van der Waals surface area contributed by atoms with Crippen molar-refractivity contribution >= 4 is 33.6 Å². The summed E-state index contributed by atoms with van der Waals surface area (Å²) in [6.45, 7) is 4.63. The zero-order valence-electron chi connectivity index (χ0n) is 12.2. The molecule has 1 rings (SSSR count). The number of methoxy groups -OCH3 is 1. The van der Waals surface area contributed by atoms with Gasteiger partial charge in [0.05, 0.1) is 23.9 Å². The first-order valence-corrected chi connectivity index (χ1v) is 7.29. The molecule has 7 heteroatoms. The number of carbonyl (C=O) groups excluding carboxylic acids is 1. The van der Waals surface area contributed by atoms with E-state index in [4.69, 9.17) is 4.74 Å². The summed E-state index contributed by atoms with van der Waals surface area (Å²) < 4.78 is 5.68. The van der Waals surface area contributed by atoms with Crippen molar-refractivity contribution in [3.8, 4) is 0 Å². The Morgan fingerprint density at radius 2 is 2.14 bits per heavy atom. The van der Waals surface area contributed by atoms with Gasteiger partial charge in [-0.2, -0.15) is 0 Å². The third-order valence-electron chi connectivity index (χ3n) is 3.00. The third-order valence-corrected chi connectivity index (χ3v) is 3.49. The van der Waals surface area contributed by atoms with Crippen molar-refractivity contribution in [2.24, 2.45) is 0 Å². The second kappa shape index (κ2) is 7.99. The number of benzene rings is 1. The number of amides is 2. The number of carboxylic acid groups (broad SMARTS) is 1. The molecule has 0 radical (unpaired) electrons. The maximum atomic E-state index is 12.3. The molecule has 1 aromatic carbocycles. The molecule has 0 aromatic heterocycles. The van der Waals surface area contributed by atoms with Crippen LogP contribution in [0, 0.1) is 0 Å². The van der Waals surface area contributed by atoms with E-state index in [1.165, 1.54) is 6.07 Å². The Morgan fingerprint density at radius 3 is 2.67 bits per heavy atom. The van der Waals surface area contributed by atoms with Crippen LogP contribution >= 0.6 is 15.9 Å². The molecule has 1 atom stereocenters. The van der Waals surface area contributed by atoms with Gasteiger partial charge in [0.1, 0.15) is 0 Å². The molecule has 0 bridgehead atoms. The fraction of sp³-hybridized carbons (Fsp3) is 0.429. The summed E-state index contributed by atoms with van der Waals surface area (Å²) in [5, 5.41) is 11.8. The van der Waals surface area contributed by atoms with Gasteiger partial charge >= 0.3 is 12.0 Å². The topological polar surface area (TPSA) is 78.9 Å². The Kier molecular flexibility index (Phi) is 6.64. The smallest absolute Gasteiger partial charge is 0.337 e. The maximum absolute atomic E-state index is 12.3. The third kappa shape index (κ3) is 4.71. The normalized spacial score (nSPS) is 11.8. The highest BCUT2D eigenvalue weighted by molar-refractivity contribution is 9.10. The van der Waals surface area contributed by atoms with Crippen LogP contribution in [-0.2, 0) is 4.74 Å². The zero-order chi connectivity index (χ0) is 16.0. The predicted octanol–water partition coefficient (Wildman–Crippen LogP) is 3.04. The molecule has 0 saturated heterocycles. The number of urea groups is 1. The van der Waals surface area contributed by atoms with E-state index >= 15 is 0 Å². The van der Waals surface area contributed by atoms with E-state index in [2.05, 4.69) is 21.2 Å². The molecule has 2 amide bonds. The molecule has 6 nitrogen and oxygen atoms in total. The van der Waals surface area contributed by atoms with Crippen LogP contribution in [0.3, 0.4) is 0 Å². The van der Waals surface area contributed by atoms with E-state index in [9.17, 15) is 14.7 Å². The number of ether oxygens (including phenoxy) is 1. The number of carbonyl (C=O) groups is 2. The van der Waals surface area contributed by atoms with Crippen LogP contribution < -0.4 is 5.32 Å². The minimum absolute atomic E-state index is 0.0353. The van der Waals surface area contributed by atoms with Crippen LogP contribution in [0.4, 0.5) is 10.5 Å². The summed E-state index contributed by atoms with van der Waals surface area (Å²) in [5.41, 5.74) is 0.298. The average molecular weight is 359 g/mol. The fourth-order valence-electron chi connectivity index (χ4n) is 1.98. The molecule has 0 spiro atoms. The molecule has 0 aliphatic carbocycles. The van der Waals surface area contributed by atoms with E-state index in [0.29, 0.717) is 17.6 Å². The lowest BCUT2D eigenvalue weighted by atomic mass is 10.2. The minimum Gasteiger partial charge on any atom is -0.478 e. The molecule has 21 heavy (non-hydrogen) atoms. The van der Waals surface area contributed by atoms with Gasteiger partial charge in [0.2, 0.25) is 0 Å². The van der Waals surface area contributed by atoms with Gasteiger partial charge in [-0.1, -0.05) is 15.9 Å². The van der Waals surface area contributed by atoms with Gasteiger partial charge in [0.25, 0.3) is 0 Å². The Bertz CT molecular complexity index is 522. The van der Waals surface area contributed by atoms with Gasteiger partial charge in [0, 0.05) is 18.1 Å². The van der Waals surface area contributed by atoms with Gasteiger partial charge < -0.3 is 20.1 Å². The predicted molar refractivity (Wildman–Crippen MR) is 83.8 cm³/mol. The van der Waals surface area contributed by atoms with Gasteiger partial charge in [-0.15, -0.1) is 0 Å². The van der Waals surface area contributed by atoms with Crippen molar-refractivity contribution in [1.29, 1.82) is 0 Å². The Hall–Kier alpha value is -1.60. The molecule has 0 fully saturated rings. The lowest BCUT2D eigenvalue weighted by molar-refractivity contribution is 0.0698. The quantitative estimate of drug-likeness (QED) is 0.818. The Labute approximate surface area is 132 Å². The van der Waals surface area contributed by atoms with Gasteiger partial charge in [-0.3, -0.25) is 0 Å². The molecule has 2 N–H and O–H groups in total. The maximum Gasteiger partial charge on any atom is 0.337 e. The molecule has 1 aromatic rings. The minimum atomic E-state index is -1.10. The van der Waals surface area contributed by atoms with Gasteiger partial charge in [0.15, 0.2) is 0 Å². The highest BCUT2D eigenvalue weighted by Crippen LogP contribution is 2.21. The summed E-state index contributed by atoms with van der Waals surface area (Å²) in [7, 11) is 1.57. The highest BCUT2D eigenvalue weighted by atomic mass is 79.9. The number of hydrogen-bond donors (Lipinski definition) is 2. The van der Waals surface area contributed by atoms with Crippen molar-refractivity contribution in [2.75, 3.05) is 25.6 Å². The van der Waals surface area contributed by atoms with E-state index in [-0.39, 0.29) is 23.3 Å². The monoisotopic (exact) mass is 358 g/mol. The van der Waals surface area contributed by atoms with Crippen molar-refractivity contribution in [1.82, 2.24) is 4.90 Å². The van der Waals surface area contributed by atoms with Crippen LogP contribution in [-0.4, -0.2) is 48.3 Å². The van der Waals surface area contributed by atoms with Crippen molar-refractivity contribution in [3.63, 3.8) is 0 Å². The number of likely N-dealkylation sites (N-methyl/N-ethyl adjacent to an activating group) is 1. The van der Waals surface area contributed by atoms with E-state index < -0.39 is 5.97 Å². The summed E-state index contributed by atoms with van der Waals surface area (Å²) in [5.74, 6) is -1.10. The van der Waals surface area contributed by atoms with Crippen LogP contribution in [0.2, 0.25) is 0 Å². The molecule has 116 valence electrons. The standard InChI is InChI=1S/C14H19BrN2O4/c1-4-17(9(2)8-21-3)14(20)16-12-6-5-10(15)7-11(12)13(18)19/h5-7,9H,4,8H2,1-3H3,(H,16,20)(H,18,19). The molecule has 0 aliphatic heterocycles. The van der Waals surface area contributed by atoms with Crippen molar-refractivity contribution in [3.05, 3.63) is 28.2 Å². The number of halogens is 1. The molecular weight excluding hydrogens is 340 g/mol. The first-order valence-electron chi connectivity index (χ1n) is 6.50. The van der Waals surface area contributed by atoms with Gasteiger partial charge in [-0.05, 0) is 32.0 Å². The van der Waals surface area contributed by atoms with Gasteiger partial charge in [-0.25, -0.2) is 9.59 Å². The largest absolute Gasteiger partial charge is 0.478 e. The van der Waals surface area contributed by atoms with Crippen molar-refractivity contribution < 1.29 is 19.4 Å². The Morgan fingerprint density at radius 1 is 1.48 bits per heavy atom. The van der Waals surface area contributed by atoms with E-state index in [1.54, 1.807) is 24.1 Å². The highest BCUT2D eigenvalue weighted by Gasteiger charge is 2.20. The van der Waals surface area contributed by atoms with E-state index in [0.717, 1.165) is 0 Å².